The molecule has 2 fully saturated rings. The van der Waals surface area contributed by atoms with Gasteiger partial charge in [0.05, 0.1) is 29.8 Å². The van der Waals surface area contributed by atoms with Gasteiger partial charge in [0.15, 0.2) is 0 Å². The summed E-state index contributed by atoms with van der Waals surface area (Å²) in [6.07, 6.45) is 2.56. The molecule has 2 aliphatic rings. The van der Waals surface area contributed by atoms with Crippen molar-refractivity contribution in [2.45, 2.75) is 12.5 Å². The SMILES string of the molecule is COCCOC(=O)c1ccc2c(c1)ncn2-c1cccc(N2CCN(C3CCOC3=O)CC2)c1. The minimum absolute atomic E-state index is 0.0890. The highest BCUT2D eigenvalue weighted by molar-refractivity contribution is 5.94. The van der Waals surface area contributed by atoms with Crippen LogP contribution in [0, 0.1) is 0 Å². The lowest BCUT2D eigenvalue weighted by molar-refractivity contribution is -0.142. The van der Waals surface area contributed by atoms with Gasteiger partial charge in [0.1, 0.15) is 19.0 Å². The molecule has 0 N–H and O–H groups in total. The van der Waals surface area contributed by atoms with E-state index in [0.29, 0.717) is 18.8 Å². The zero-order valence-corrected chi connectivity index (χ0v) is 19.2. The third-order valence-corrected chi connectivity index (χ3v) is 6.44. The van der Waals surface area contributed by atoms with Gasteiger partial charge in [-0.2, -0.15) is 0 Å². The molecule has 9 heteroatoms. The summed E-state index contributed by atoms with van der Waals surface area (Å²) in [6, 6.07) is 13.6. The Morgan fingerprint density at radius 2 is 1.91 bits per heavy atom. The number of anilines is 1. The van der Waals surface area contributed by atoms with Crippen molar-refractivity contribution in [1.82, 2.24) is 14.5 Å². The minimum Gasteiger partial charge on any atom is -0.464 e. The van der Waals surface area contributed by atoms with Crippen molar-refractivity contribution in [2.24, 2.45) is 0 Å². The maximum Gasteiger partial charge on any atom is 0.338 e. The lowest BCUT2D eigenvalue weighted by atomic mass is 10.1. The number of piperazine rings is 1. The van der Waals surface area contributed by atoms with Gasteiger partial charge in [0.25, 0.3) is 0 Å². The Morgan fingerprint density at radius 3 is 2.68 bits per heavy atom. The van der Waals surface area contributed by atoms with E-state index in [2.05, 4.69) is 26.9 Å². The van der Waals surface area contributed by atoms with Gasteiger partial charge in [0, 0.05) is 51.1 Å². The number of carbonyl (C=O) groups excluding carboxylic acids is 2. The highest BCUT2D eigenvalue weighted by atomic mass is 16.6. The van der Waals surface area contributed by atoms with Crippen molar-refractivity contribution < 1.29 is 23.8 Å². The lowest BCUT2D eigenvalue weighted by Crippen LogP contribution is -2.51. The molecular formula is C25H28N4O5. The number of aromatic nitrogens is 2. The fourth-order valence-corrected chi connectivity index (χ4v) is 4.59. The number of rotatable bonds is 7. The smallest absolute Gasteiger partial charge is 0.338 e. The molecule has 1 aromatic heterocycles. The van der Waals surface area contributed by atoms with Crippen LogP contribution >= 0.6 is 0 Å². The maximum atomic E-state index is 12.2. The topological polar surface area (TPSA) is 86.1 Å². The van der Waals surface area contributed by atoms with Gasteiger partial charge in [0.2, 0.25) is 0 Å². The number of hydrogen-bond donors (Lipinski definition) is 0. The first-order chi connectivity index (χ1) is 16.6. The van der Waals surface area contributed by atoms with E-state index in [-0.39, 0.29) is 24.6 Å². The van der Waals surface area contributed by atoms with Crippen LogP contribution in [0.4, 0.5) is 5.69 Å². The summed E-state index contributed by atoms with van der Waals surface area (Å²) in [5.74, 6) is -0.477. The Balaban J connectivity index is 1.30. The molecule has 0 bridgehead atoms. The van der Waals surface area contributed by atoms with Crippen LogP contribution in [0.25, 0.3) is 16.7 Å². The molecule has 3 aromatic rings. The number of benzene rings is 2. The molecule has 5 rings (SSSR count). The van der Waals surface area contributed by atoms with E-state index in [4.69, 9.17) is 14.2 Å². The van der Waals surface area contributed by atoms with Crippen LogP contribution in [-0.2, 0) is 19.0 Å². The Labute approximate surface area is 197 Å². The fraction of sp³-hybridized carbons (Fsp3) is 0.400. The first-order valence-corrected chi connectivity index (χ1v) is 11.5. The number of imidazole rings is 1. The second-order valence-electron chi connectivity index (χ2n) is 8.46. The summed E-state index contributed by atoms with van der Waals surface area (Å²) in [5, 5.41) is 0. The van der Waals surface area contributed by atoms with Crippen molar-refractivity contribution >= 4 is 28.7 Å². The van der Waals surface area contributed by atoms with Crippen LogP contribution in [0.2, 0.25) is 0 Å². The number of carbonyl (C=O) groups is 2. The van der Waals surface area contributed by atoms with Crippen LogP contribution in [0.5, 0.6) is 0 Å². The van der Waals surface area contributed by atoms with Crippen LogP contribution in [-0.4, -0.2) is 85.5 Å². The molecule has 178 valence electrons. The highest BCUT2D eigenvalue weighted by Crippen LogP contribution is 2.25. The zero-order chi connectivity index (χ0) is 23.5. The van der Waals surface area contributed by atoms with E-state index in [1.165, 1.54) is 0 Å². The largest absolute Gasteiger partial charge is 0.464 e. The molecule has 1 unspecified atom stereocenters. The fourth-order valence-electron chi connectivity index (χ4n) is 4.59. The van der Waals surface area contributed by atoms with Crippen molar-refractivity contribution in [3.05, 3.63) is 54.4 Å². The van der Waals surface area contributed by atoms with Crippen molar-refractivity contribution in [3.63, 3.8) is 0 Å². The number of hydrogen-bond acceptors (Lipinski definition) is 8. The van der Waals surface area contributed by atoms with E-state index >= 15 is 0 Å². The first kappa shape index (κ1) is 22.4. The summed E-state index contributed by atoms with van der Waals surface area (Å²) >= 11 is 0. The van der Waals surface area contributed by atoms with Gasteiger partial charge >= 0.3 is 11.9 Å². The third kappa shape index (κ3) is 4.49. The molecule has 0 saturated carbocycles. The predicted molar refractivity (Wildman–Crippen MR) is 126 cm³/mol. The Bertz CT molecular complexity index is 1190. The van der Waals surface area contributed by atoms with Crippen LogP contribution in [0.3, 0.4) is 0 Å². The van der Waals surface area contributed by atoms with Gasteiger partial charge in [-0.25, -0.2) is 9.78 Å². The summed E-state index contributed by atoms with van der Waals surface area (Å²) in [5.41, 5.74) is 4.23. The molecule has 0 spiro atoms. The van der Waals surface area contributed by atoms with Crippen molar-refractivity contribution in [1.29, 1.82) is 0 Å². The molecule has 34 heavy (non-hydrogen) atoms. The van der Waals surface area contributed by atoms with Crippen LogP contribution < -0.4 is 4.90 Å². The number of nitrogens with zero attached hydrogens (tertiary/aromatic N) is 4. The average Bonchev–Trinajstić information content (AvgIpc) is 3.50. The first-order valence-electron chi connectivity index (χ1n) is 11.5. The Kier molecular flexibility index (Phi) is 6.46. The normalized spacial score (nSPS) is 18.9. The van der Waals surface area contributed by atoms with E-state index in [1.807, 2.05) is 22.8 Å². The van der Waals surface area contributed by atoms with Crippen molar-refractivity contribution in [2.75, 3.05) is 58.0 Å². The van der Waals surface area contributed by atoms with E-state index in [0.717, 1.165) is 55.0 Å². The number of ether oxygens (including phenoxy) is 3. The Hall–Kier alpha value is -3.43. The van der Waals surface area contributed by atoms with E-state index in [9.17, 15) is 9.59 Å². The van der Waals surface area contributed by atoms with E-state index in [1.54, 1.807) is 25.6 Å². The van der Waals surface area contributed by atoms with Gasteiger partial charge in [-0.15, -0.1) is 0 Å². The summed E-state index contributed by atoms with van der Waals surface area (Å²) in [7, 11) is 1.56. The summed E-state index contributed by atoms with van der Waals surface area (Å²) in [4.78, 5) is 33.2. The van der Waals surface area contributed by atoms with Crippen LogP contribution in [0.1, 0.15) is 16.8 Å². The van der Waals surface area contributed by atoms with Crippen LogP contribution in [0.15, 0.2) is 48.8 Å². The van der Waals surface area contributed by atoms with Gasteiger partial charge < -0.3 is 19.1 Å². The molecule has 1 atom stereocenters. The summed E-state index contributed by atoms with van der Waals surface area (Å²) < 4.78 is 17.3. The number of methoxy groups -OCH3 is 1. The molecule has 3 heterocycles. The maximum absolute atomic E-state index is 12.2. The standard InChI is InChI=1S/C25H28N4O5/c1-32-13-14-34-24(30)18-5-6-22-21(15-18)26-17-29(22)20-4-2-3-19(16-20)27-8-10-28(11-9-27)23-7-12-33-25(23)31/h2-6,15-17,23H,7-14H2,1H3. The molecule has 9 nitrogen and oxygen atoms in total. The number of fused-ring (bicyclic) bond motifs is 1. The second kappa shape index (κ2) is 9.82. The monoisotopic (exact) mass is 464 g/mol. The molecule has 0 radical (unpaired) electrons. The average molecular weight is 465 g/mol. The quantitative estimate of drug-likeness (QED) is 0.389. The molecular weight excluding hydrogens is 436 g/mol. The zero-order valence-electron chi connectivity index (χ0n) is 19.2. The highest BCUT2D eigenvalue weighted by Gasteiger charge is 2.34. The molecule has 2 saturated heterocycles. The number of cyclic esters (lactones) is 1. The number of esters is 2. The summed E-state index contributed by atoms with van der Waals surface area (Å²) in [6.45, 7) is 4.48. The Morgan fingerprint density at radius 1 is 1.09 bits per heavy atom. The van der Waals surface area contributed by atoms with Gasteiger partial charge in [-0.3, -0.25) is 14.3 Å². The molecule has 2 aromatic carbocycles. The third-order valence-electron chi connectivity index (χ3n) is 6.44. The van der Waals surface area contributed by atoms with Gasteiger partial charge in [-0.05, 0) is 36.4 Å². The van der Waals surface area contributed by atoms with Gasteiger partial charge in [-0.1, -0.05) is 6.07 Å². The lowest BCUT2D eigenvalue weighted by Gasteiger charge is -2.37. The molecule has 0 amide bonds. The van der Waals surface area contributed by atoms with Crippen molar-refractivity contribution in [3.8, 4) is 5.69 Å². The predicted octanol–water partition coefficient (Wildman–Crippen LogP) is 2.27. The molecule has 2 aliphatic heterocycles. The molecule has 0 aliphatic carbocycles. The van der Waals surface area contributed by atoms with E-state index < -0.39 is 0 Å². The minimum atomic E-state index is -0.388. The second-order valence-corrected chi connectivity index (χ2v) is 8.46.